The monoisotopic (exact) mass is 324 g/mol. The molecular weight excluding hydrogens is 319 g/mol. The molecule has 0 atom stereocenters. The van der Waals surface area contributed by atoms with Crippen LogP contribution in [0.4, 0.5) is 11.5 Å². The van der Waals surface area contributed by atoms with E-state index in [0.717, 1.165) is 17.7 Å². The number of nitrogens with one attached hydrogen (secondary N) is 1. The topological polar surface area (TPSA) is 98.0 Å². The maximum Gasteiger partial charge on any atom is 0.272 e. The quantitative estimate of drug-likeness (QED) is 0.843. The lowest BCUT2D eigenvalue weighted by atomic mass is 10.6. The highest BCUT2D eigenvalue weighted by Gasteiger charge is 2.19. The van der Waals surface area contributed by atoms with Crippen LogP contribution in [0.2, 0.25) is 10.2 Å². The van der Waals surface area contributed by atoms with Crippen molar-refractivity contribution in [3.63, 3.8) is 0 Å². The Labute approximate surface area is 117 Å². The average molecular weight is 325 g/mol. The van der Waals surface area contributed by atoms with Gasteiger partial charge in [-0.15, -0.1) is 11.3 Å². The summed E-state index contributed by atoms with van der Waals surface area (Å²) < 4.78 is 26.2. The van der Waals surface area contributed by atoms with Crippen LogP contribution >= 0.6 is 34.5 Å². The molecule has 0 aromatic carbocycles. The Balaban J connectivity index is 2.37. The fourth-order valence-corrected chi connectivity index (χ4v) is 3.50. The van der Waals surface area contributed by atoms with Crippen LogP contribution in [-0.2, 0) is 10.0 Å². The van der Waals surface area contributed by atoms with Crippen molar-refractivity contribution in [2.45, 2.75) is 4.21 Å². The molecule has 2 aromatic heterocycles. The Bertz CT molecular complexity index is 686. The zero-order valence-corrected chi connectivity index (χ0v) is 11.7. The zero-order chi connectivity index (χ0) is 13.3. The molecule has 0 aliphatic heterocycles. The number of thiophene rings is 1. The lowest BCUT2D eigenvalue weighted by Crippen LogP contribution is -2.13. The van der Waals surface area contributed by atoms with Crippen LogP contribution in [0.3, 0.4) is 0 Å². The number of hydrogen-bond donors (Lipinski definition) is 2. The van der Waals surface area contributed by atoms with E-state index in [9.17, 15) is 8.42 Å². The highest BCUT2D eigenvalue weighted by Crippen LogP contribution is 2.29. The second-order valence-corrected chi connectivity index (χ2v) is 6.69. The van der Waals surface area contributed by atoms with Gasteiger partial charge in [0.2, 0.25) is 0 Å². The molecular formula is C8H6Cl2N4O2S2. The fourth-order valence-electron chi connectivity index (χ4n) is 1.07. The second kappa shape index (κ2) is 4.88. The maximum atomic E-state index is 12.0. The minimum absolute atomic E-state index is 0.0324. The van der Waals surface area contributed by atoms with E-state index in [4.69, 9.17) is 28.9 Å². The standard InChI is InChI=1S/C8H6Cl2N4O2S2/c9-6-7(10)12-3-13-8(6)14-18(15,16)5-1-4(11)2-17-5/h1-3H,11H2,(H,12,13,14). The van der Waals surface area contributed by atoms with Crippen LogP contribution in [-0.4, -0.2) is 18.4 Å². The van der Waals surface area contributed by atoms with Gasteiger partial charge in [-0.3, -0.25) is 4.72 Å². The first-order valence-corrected chi connectivity index (χ1v) is 7.55. The van der Waals surface area contributed by atoms with Crippen LogP contribution in [0.15, 0.2) is 22.0 Å². The predicted molar refractivity (Wildman–Crippen MR) is 71.6 cm³/mol. The SMILES string of the molecule is Nc1csc(S(=O)(=O)Nc2ncnc(Cl)c2Cl)c1. The van der Waals surface area contributed by atoms with Gasteiger partial charge < -0.3 is 5.73 Å². The van der Waals surface area contributed by atoms with Crippen LogP contribution in [0.5, 0.6) is 0 Å². The smallest absolute Gasteiger partial charge is 0.272 e. The second-order valence-electron chi connectivity index (χ2n) is 3.13. The number of nitrogen functional groups attached to an aromatic ring is 1. The Hall–Kier alpha value is -1.09. The number of halogens is 2. The summed E-state index contributed by atoms with van der Waals surface area (Å²) in [5, 5.41) is 1.42. The van der Waals surface area contributed by atoms with Crippen LogP contribution in [0.1, 0.15) is 0 Å². The lowest BCUT2D eigenvalue weighted by Gasteiger charge is -2.06. The van der Waals surface area contributed by atoms with Gasteiger partial charge in [0.25, 0.3) is 10.0 Å². The molecule has 0 unspecified atom stereocenters. The number of nitrogens with two attached hydrogens (primary N) is 1. The van der Waals surface area contributed by atoms with Crippen molar-refractivity contribution in [1.82, 2.24) is 9.97 Å². The van der Waals surface area contributed by atoms with Gasteiger partial charge in [-0.2, -0.15) is 0 Å². The number of hydrogen-bond acceptors (Lipinski definition) is 6. The van der Waals surface area contributed by atoms with E-state index in [1.54, 1.807) is 0 Å². The van der Waals surface area contributed by atoms with Gasteiger partial charge in [-0.25, -0.2) is 18.4 Å². The molecule has 6 nitrogen and oxygen atoms in total. The number of sulfonamides is 1. The number of rotatable bonds is 3. The van der Waals surface area contributed by atoms with E-state index in [1.807, 2.05) is 0 Å². The third kappa shape index (κ3) is 2.66. The van der Waals surface area contributed by atoms with Gasteiger partial charge in [0.15, 0.2) is 11.0 Å². The van der Waals surface area contributed by atoms with Crippen molar-refractivity contribution in [2.75, 3.05) is 10.5 Å². The van der Waals surface area contributed by atoms with Crippen molar-refractivity contribution < 1.29 is 8.42 Å². The van der Waals surface area contributed by atoms with Gasteiger partial charge in [-0.05, 0) is 6.07 Å². The van der Waals surface area contributed by atoms with E-state index >= 15 is 0 Å². The maximum absolute atomic E-state index is 12.0. The minimum Gasteiger partial charge on any atom is -0.398 e. The summed E-state index contributed by atoms with van der Waals surface area (Å²) in [5.74, 6) is -0.0800. The van der Waals surface area contributed by atoms with Crippen molar-refractivity contribution in [2.24, 2.45) is 0 Å². The average Bonchev–Trinajstić information content (AvgIpc) is 2.72. The molecule has 0 bridgehead atoms. The molecule has 2 rings (SSSR count). The van der Waals surface area contributed by atoms with Gasteiger partial charge in [-0.1, -0.05) is 23.2 Å². The number of nitrogens with zero attached hydrogens (tertiary/aromatic N) is 2. The van der Waals surface area contributed by atoms with Crippen LogP contribution in [0, 0.1) is 0 Å². The van der Waals surface area contributed by atoms with Gasteiger partial charge in [0.1, 0.15) is 15.6 Å². The summed E-state index contributed by atoms with van der Waals surface area (Å²) in [4.78, 5) is 7.33. The number of anilines is 2. The summed E-state index contributed by atoms with van der Waals surface area (Å²) in [6.45, 7) is 0. The van der Waals surface area contributed by atoms with Crippen molar-refractivity contribution in [3.8, 4) is 0 Å². The van der Waals surface area contributed by atoms with Gasteiger partial charge in [0.05, 0.1) is 0 Å². The van der Waals surface area contributed by atoms with E-state index < -0.39 is 10.0 Å². The molecule has 2 aromatic rings. The molecule has 0 saturated heterocycles. The van der Waals surface area contributed by atoms with Gasteiger partial charge in [0, 0.05) is 11.1 Å². The Morgan fingerprint density at radius 1 is 1.33 bits per heavy atom. The summed E-state index contributed by atoms with van der Waals surface area (Å²) in [6.07, 6.45) is 1.11. The Morgan fingerprint density at radius 3 is 2.67 bits per heavy atom. The molecule has 0 radical (unpaired) electrons. The van der Waals surface area contributed by atoms with Gasteiger partial charge >= 0.3 is 0 Å². The highest BCUT2D eigenvalue weighted by molar-refractivity contribution is 7.94. The normalized spacial score (nSPS) is 11.4. The third-order valence-electron chi connectivity index (χ3n) is 1.84. The molecule has 0 saturated carbocycles. The molecule has 0 spiro atoms. The molecule has 10 heteroatoms. The lowest BCUT2D eigenvalue weighted by molar-refractivity contribution is 0.603. The molecule has 0 aliphatic carbocycles. The largest absolute Gasteiger partial charge is 0.398 e. The van der Waals surface area contributed by atoms with E-state index in [-0.39, 0.29) is 20.2 Å². The fraction of sp³-hybridized carbons (Fsp3) is 0. The first-order valence-electron chi connectivity index (χ1n) is 4.43. The Morgan fingerprint density at radius 2 is 2.06 bits per heavy atom. The molecule has 96 valence electrons. The summed E-state index contributed by atoms with van der Waals surface area (Å²) >= 11 is 12.4. The van der Waals surface area contributed by atoms with E-state index in [0.29, 0.717) is 5.69 Å². The summed E-state index contributed by atoms with van der Waals surface area (Å²) in [7, 11) is -3.78. The molecule has 0 amide bonds. The minimum atomic E-state index is -3.78. The molecule has 0 fully saturated rings. The summed E-state index contributed by atoms with van der Waals surface area (Å²) in [6, 6.07) is 1.34. The first kappa shape index (κ1) is 13.3. The third-order valence-corrected chi connectivity index (χ3v) is 5.38. The van der Waals surface area contributed by atoms with Crippen LogP contribution < -0.4 is 10.5 Å². The van der Waals surface area contributed by atoms with Crippen molar-refractivity contribution >= 4 is 56.1 Å². The van der Waals surface area contributed by atoms with E-state index in [1.165, 1.54) is 11.4 Å². The van der Waals surface area contributed by atoms with Crippen molar-refractivity contribution in [3.05, 3.63) is 27.9 Å². The van der Waals surface area contributed by atoms with Crippen LogP contribution in [0.25, 0.3) is 0 Å². The van der Waals surface area contributed by atoms with E-state index in [2.05, 4.69) is 14.7 Å². The first-order chi connectivity index (χ1) is 8.40. The van der Waals surface area contributed by atoms with Crippen molar-refractivity contribution in [1.29, 1.82) is 0 Å². The molecule has 0 aliphatic rings. The molecule has 3 N–H and O–H groups in total. The predicted octanol–water partition coefficient (Wildman–Crippen LogP) is 2.23. The highest BCUT2D eigenvalue weighted by atomic mass is 35.5. The molecule has 2 heterocycles. The number of aromatic nitrogens is 2. The summed E-state index contributed by atoms with van der Waals surface area (Å²) in [5.41, 5.74) is 5.84. The molecule has 18 heavy (non-hydrogen) atoms. The zero-order valence-electron chi connectivity index (χ0n) is 8.59. The Kier molecular flexibility index (Phi) is 3.62.